The van der Waals surface area contributed by atoms with Gasteiger partial charge >= 0.3 is 5.97 Å². The van der Waals surface area contributed by atoms with Gasteiger partial charge in [0, 0.05) is 32.0 Å². The van der Waals surface area contributed by atoms with Crippen LogP contribution in [0.15, 0.2) is 42.7 Å². The summed E-state index contributed by atoms with van der Waals surface area (Å²) in [7, 11) is 0. The van der Waals surface area contributed by atoms with Crippen molar-refractivity contribution in [2.45, 2.75) is 57.3 Å². The predicted molar refractivity (Wildman–Crippen MR) is 137 cm³/mol. The number of hydrogen-bond acceptors (Lipinski definition) is 9. The van der Waals surface area contributed by atoms with Crippen LogP contribution in [-0.4, -0.2) is 86.9 Å². The van der Waals surface area contributed by atoms with Crippen molar-refractivity contribution >= 4 is 17.7 Å². The fourth-order valence-electron chi connectivity index (χ4n) is 5.19. The van der Waals surface area contributed by atoms with Crippen molar-refractivity contribution < 1.29 is 24.5 Å². The number of aliphatic hydroxyl groups is 2. The van der Waals surface area contributed by atoms with E-state index in [0.717, 1.165) is 26.1 Å². The fraction of sp³-hybridized carbons (Fsp3) is 0.556. The fourth-order valence-corrected chi connectivity index (χ4v) is 5.19. The lowest BCUT2D eigenvalue weighted by Gasteiger charge is -2.40. The number of aromatic nitrogens is 2. The molecule has 0 radical (unpaired) electrons. The maximum absolute atomic E-state index is 13.3. The molecule has 1 aromatic heterocycles. The van der Waals surface area contributed by atoms with E-state index in [9.17, 15) is 19.8 Å². The third kappa shape index (κ3) is 6.82. The molecule has 0 saturated carbocycles. The normalized spacial score (nSPS) is 23.9. The molecule has 2 atom stereocenters. The third-order valence-electron chi connectivity index (χ3n) is 7.57. The molecule has 200 valence electrons. The first-order chi connectivity index (χ1) is 17.9. The number of benzene rings is 1. The largest absolute Gasteiger partial charge is 0.462 e. The highest BCUT2D eigenvalue weighted by molar-refractivity contribution is 5.96. The maximum atomic E-state index is 13.3. The van der Waals surface area contributed by atoms with Crippen LogP contribution in [-0.2, 0) is 16.1 Å². The van der Waals surface area contributed by atoms with Crippen molar-refractivity contribution in [2.75, 3.05) is 38.5 Å². The Morgan fingerprint density at radius 1 is 1.00 bits per heavy atom. The van der Waals surface area contributed by atoms with Gasteiger partial charge in [-0.15, -0.1) is 0 Å². The lowest BCUT2D eigenvalue weighted by Crippen LogP contribution is -2.45. The van der Waals surface area contributed by atoms with Crippen molar-refractivity contribution in [1.82, 2.24) is 19.8 Å². The van der Waals surface area contributed by atoms with Crippen LogP contribution in [0.4, 0.5) is 5.82 Å². The molecule has 2 aliphatic heterocycles. The number of carbonyl (C=O) groups excluding carboxylic acids is 2. The van der Waals surface area contributed by atoms with E-state index >= 15 is 0 Å². The van der Waals surface area contributed by atoms with Crippen molar-refractivity contribution in [2.24, 2.45) is 5.41 Å². The summed E-state index contributed by atoms with van der Waals surface area (Å²) in [6, 6.07) is 10.3. The Balaban J connectivity index is 1.44. The molecule has 2 saturated heterocycles. The number of carbonyl (C=O) groups is 2. The lowest BCUT2D eigenvalue weighted by molar-refractivity contribution is -0.165. The zero-order chi connectivity index (χ0) is 26.3. The molecular formula is C27H37N5O5. The number of hydrogen-bond donors (Lipinski definition) is 3. The molecule has 10 heteroatoms. The average Bonchev–Trinajstić information content (AvgIpc) is 2.92. The first-order valence-electron chi connectivity index (χ1n) is 13.0. The maximum Gasteiger partial charge on any atom is 0.312 e. The lowest BCUT2D eigenvalue weighted by atomic mass is 9.74. The zero-order valence-electron chi connectivity index (χ0n) is 21.2. The van der Waals surface area contributed by atoms with Gasteiger partial charge in [0.1, 0.15) is 12.7 Å². The highest BCUT2D eigenvalue weighted by Crippen LogP contribution is 2.38. The second kappa shape index (κ2) is 12.4. The summed E-state index contributed by atoms with van der Waals surface area (Å²) >= 11 is 0. The van der Waals surface area contributed by atoms with E-state index in [0.29, 0.717) is 32.2 Å². The van der Waals surface area contributed by atoms with Crippen LogP contribution in [0.25, 0.3) is 0 Å². The Morgan fingerprint density at radius 3 is 2.46 bits per heavy atom. The molecule has 3 heterocycles. The van der Waals surface area contributed by atoms with E-state index in [4.69, 9.17) is 10.5 Å². The van der Waals surface area contributed by atoms with E-state index in [-0.39, 0.29) is 43.0 Å². The molecule has 37 heavy (non-hydrogen) atoms. The number of rotatable bonds is 3. The molecule has 0 unspecified atom stereocenters. The second-order valence-corrected chi connectivity index (χ2v) is 10.1. The summed E-state index contributed by atoms with van der Waals surface area (Å²) in [6.07, 6.45) is 3.96. The number of esters is 1. The molecule has 0 aliphatic carbocycles. The monoisotopic (exact) mass is 511 g/mol. The van der Waals surface area contributed by atoms with Crippen molar-refractivity contribution in [3.05, 3.63) is 54.0 Å². The van der Waals surface area contributed by atoms with E-state index in [1.54, 1.807) is 4.90 Å². The zero-order valence-corrected chi connectivity index (χ0v) is 21.2. The van der Waals surface area contributed by atoms with E-state index in [2.05, 4.69) is 27.0 Å². The van der Waals surface area contributed by atoms with Crippen LogP contribution >= 0.6 is 0 Å². The topological polar surface area (TPSA) is 142 Å². The van der Waals surface area contributed by atoms with Gasteiger partial charge < -0.3 is 25.6 Å². The van der Waals surface area contributed by atoms with E-state index in [1.807, 2.05) is 18.2 Å². The molecule has 10 nitrogen and oxygen atoms in total. The minimum absolute atomic E-state index is 0.0520. The third-order valence-corrected chi connectivity index (χ3v) is 7.57. The SMILES string of the molecule is Nc1nccnc1C(=O)N1CCCCC2(CCN(Cc3ccccc3)CC2)C(=O)OC[C@@H](O)[C@@H](O)CC1. The number of nitrogen functional groups attached to an aromatic ring is 1. The minimum Gasteiger partial charge on any atom is -0.462 e. The first-order valence-corrected chi connectivity index (χ1v) is 13.0. The quantitative estimate of drug-likeness (QED) is 0.524. The van der Waals surface area contributed by atoms with Gasteiger partial charge in [-0.1, -0.05) is 36.8 Å². The summed E-state index contributed by atoms with van der Waals surface area (Å²) in [5, 5.41) is 20.9. The van der Waals surface area contributed by atoms with Crippen LogP contribution in [0.3, 0.4) is 0 Å². The van der Waals surface area contributed by atoms with Gasteiger partial charge in [0.05, 0.1) is 11.5 Å². The van der Waals surface area contributed by atoms with Crippen LogP contribution in [0.5, 0.6) is 0 Å². The van der Waals surface area contributed by atoms with Gasteiger partial charge in [-0.2, -0.15) is 0 Å². The molecule has 2 fully saturated rings. The molecule has 1 spiro atoms. The summed E-state index contributed by atoms with van der Waals surface area (Å²) in [5.74, 6) is -0.618. The summed E-state index contributed by atoms with van der Waals surface area (Å²) in [5.41, 5.74) is 6.54. The van der Waals surface area contributed by atoms with Crippen molar-refractivity contribution in [3.63, 3.8) is 0 Å². The Hall–Kier alpha value is -3.08. The average molecular weight is 512 g/mol. The molecular weight excluding hydrogens is 474 g/mol. The summed E-state index contributed by atoms with van der Waals surface area (Å²) in [6.45, 7) is 2.72. The number of anilines is 1. The van der Waals surface area contributed by atoms with Gasteiger partial charge in [-0.25, -0.2) is 9.97 Å². The Bertz CT molecular complexity index is 1040. The Labute approximate surface area is 217 Å². The number of aliphatic hydroxyl groups excluding tert-OH is 2. The predicted octanol–water partition coefficient (Wildman–Crippen LogP) is 1.62. The number of amides is 1. The van der Waals surface area contributed by atoms with Crippen molar-refractivity contribution in [3.8, 4) is 0 Å². The van der Waals surface area contributed by atoms with E-state index in [1.165, 1.54) is 18.0 Å². The van der Waals surface area contributed by atoms with Crippen LogP contribution in [0.2, 0.25) is 0 Å². The Kier molecular flexibility index (Phi) is 9.07. The molecule has 1 aromatic carbocycles. The number of likely N-dealkylation sites (tertiary alicyclic amines) is 1. The molecule has 0 bridgehead atoms. The van der Waals surface area contributed by atoms with Crippen LogP contribution in [0, 0.1) is 5.41 Å². The van der Waals surface area contributed by atoms with Gasteiger partial charge in [-0.3, -0.25) is 14.5 Å². The van der Waals surface area contributed by atoms with Gasteiger partial charge in [0.2, 0.25) is 0 Å². The Morgan fingerprint density at radius 2 is 1.73 bits per heavy atom. The van der Waals surface area contributed by atoms with Gasteiger partial charge in [0.15, 0.2) is 11.5 Å². The minimum atomic E-state index is -1.24. The highest BCUT2D eigenvalue weighted by Gasteiger charge is 2.42. The standard InChI is InChI=1S/C27H37N5O5/c28-24-23(29-12-13-30-24)25(35)32-14-5-4-9-27(26(36)37-19-22(34)21(33)8-15-32)10-16-31(17-11-27)18-20-6-2-1-3-7-20/h1-3,6-7,12-13,21-22,33-34H,4-5,8-11,14-19H2,(H2,28,30)/t21-,22+/m0/s1. The number of cyclic esters (lactones) is 1. The number of piperidine rings is 1. The molecule has 4 N–H and O–H groups in total. The number of nitrogens with two attached hydrogens (primary N) is 1. The highest BCUT2D eigenvalue weighted by atomic mass is 16.5. The summed E-state index contributed by atoms with van der Waals surface area (Å²) in [4.78, 5) is 38.4. The number of nitrogens with zero attached hydrogens (tertiary/aromatic N) is 4. The smallest absolute Gasteiger partial charge is 0.312 e. The molecule has 4 rings (SSSR count). The molecule has 1 amide bonds. The second-order valence-electron chi connectivity index (χ2n) is 10.1. The molecule has 2 aliphatic rings. The van der Waals surface area contributed by atoms with Crippen LogP contribution in [0.1, 0.15) is 54.6 Å². The van der Waals surface area contributed by atoms with Gasteiger partial charge in [0.25, 0.3) is 5.91 Å². The summed E-state index contributed by atoms with van der Waals surface area (Å²) < 4.78 is 5.56. The van der Waals surface area contributed by atoms with Crippen LogP contribution < -0.4 is 5.73 Å². The van der Waals surface area contributed by atoms with E-state index < -0.39 is 17.6 Å². The molecule has 2 aromatic rings. The first kappa shape index (κ1) is 27.0. The number of ether oxygens (including phenoxy) is 1. The van der Waals surface area contributed by atoms with Crippen molar-refractivity contribution in [1.29, 1.82) is 0 Å². The van der Waals surface area contributed by atoms with Gasteiger partial charge in [-0.05, 0) is 50.8 Å².